The van der Waals surface area contributed by atoms with Crippen LogP contribution >= 0.6 is 0 Å². The maximum atomic E-state index is 12.2. The van der Waals surface area contributed by atoms with Crippen molar-refractivity contribution in [1.82, 2.24) is 10.2 Å². The lowest BCUT2D eigenvalue weighted by Gasteiger charge is -2.22. The Morgan fingerprint density at radius 3 is 2.55 bits per heavy atom. The molecular weight excluding hydrogens is 280 g/mol. The Labute approximate surface area is 133 Å². The molecule has 0 spiro atoms. The van der Waals surface area contributed by atoms with Crippen LogP contribution in [0.1, 0.15) is 32.1 Å². The van der Waals surface area contributed by atoms with Crippen LogP contribution in [-0.4, -0.2) is 56.5 Å². The summed E-state index contributed by atoms with van der Waals surface area (Å²) in [5.41, 5.74) is 0. The van der Waals surface area contributed by atoms with E-state index in [1.807, 2.05) is 4.90 Å². The minimum absolute atomic E-state index is 0.0977. The second-order valence-electron chi connectivity index (χ2n) is 6.64. The first-order valence-electron chi connectivity index (χ1n) is 8.70. The number of carbonyl (C=O) groups excluding carboxylic acids is 1. The molecule has 2 amide bonds. The highest BCUT2D eigenvalue weighted by molar-refractivity contribution is 5.74. The van der Waals surface area contributed by atoms with Crippen LogP contribution in [0.5, 0.6) is 0 Å². The number of nitrogens with zero attached hydrogens (tertiary/aromatic N) is 1. The molecule has 5 heteroatoms. The zero-order valence-corrected chi connectivity index (χ0v) is 13.3. The summed E-state index contributed by atoms with van der Waals surface area (Å²) in [7, 11) is 0. The third-order valence-corrected chi connectivity index (χ3v) is 5.03. The van der Waals surface area contributed by atoms with E-state index in [1.54, 1.807) is 0 Å². The van der Waals surface area contributed by atoms with Crippen LogP contribution in [0, 0.1) is 11.8 Å². The molecule has 0 aromatic carbocycles. The van der Waals surface area contributed by atoms with Gasteiger partial charge >= 0.3 is 6.03 Å². The smallest absolute Gasteiger partial charge is 0.317 e. The number of ether oxygens (including phenoxy) is 2. The molecule has 2 saturated heterocycles. The van der Waals surface area contributed by atoms with Crippen LogP contribution in [-0.2, 0) is 9.47 Å². The summed E-state index contributed by atoms with van der Waals surface area (Å²) >= 11 is 0. The average molecular weight is 308 g/mol. The largest absolute Gasteiger partial charge is 0.381 e. The molecule has 0 unspecified atom stereocenters. The Bertz CT molecular complexity index is 377. The number of likely N-dealkylation sites (tertiary alicyclic amines) is 1. The molecule has 2 atom stereocenters. The summed E-state index contributed by atoms with van der Waals surface area (Å²) < 4.78 is 11.1. The fourth-order valence-corrected chi connectivity index (χ4v) is 3.65. The van der Waals surface area contributed by atoms with Gasteiger partial charge in [-0.05, 0) is 43.9 Å². The van der Waals surface area contributed by atoms with E-state index < -0.39 is 0 Å². The summed E-state index contributed by atoms with van der Waals surface area (Å²) in [4.78, 5) is 14.2. The zero-order chi connectivity index (χ0) is 15.2. The number of amides is 2. The van der Waals surface area contributed by atoms with Crippen LogP contribution in [0.15, 0.2) is 12.2 Å². The van der Waals surface area contributed by atoms with Gasteiger partial charge < -0.3 is 19.7 Å². The number of fused-ring (bicyclic) bond motifs is 1. The fraction of sp³-hybridized carbons (Fsp3) is 0.824. The van der Waals surface area contributed by atoms with Crippen LogP contribution < -0.4 is 5.32 Å². The van der Waals surface area contributed by atoms with Crippen LogP contribution in [0.4, 0.5) is 4.79 Å². The predicted octanol–water partition coefficient (Wildman–Crippen LogP) is 2.18. The lowest BCUT2D eigenvalue weighted by Crippen LogP contribution is -2.39. The van der Waals surface area contributed by atoms with Gasteiger partial charge in [0.2, 0.25) is 0 Å². The van der Waals surface area contributed by atoms with E-state index >= 15 is 0 Å². The second kappa shape index (κ2) is 7.97. The van der Waals surface area contributed by atoms with E-state index in [2.05, 4.69) is 17.5 Å². The maximum absolute atomic E-state index is 12.2. The van der Waals surface area contributed by atoms with Crippen molar-refractivity contribution >= 4 is 6.03 Å². The van der Waals surface area contributed by atoms with Gasteiger partial charge in [-0.1, -0.05) is 12.2 Å². The molecular formula is C17H28N2O3. The second-order valence-corrected chi connectivity index (χ2v) is 6.64. The van der Waals surface area contributed by atoms with Crippen LogP contribution in [0.25, 0.3) is 0 Å². The summed E-state index contributed by atoms with van der Waals surface area (Å²) in [5.74, 6) is 1.35. The number of rotatable bonds is 5. The number of hydrogen-bond acceptors (Lipinski definition) is 3. The standard InChI is InChI=1S/C17H28N2O3/c20-17(19-12-14-4-1-2-5-15(14)13-19)18-8-3-9-22-16-6-10-21-11-7-16/h1-2,14-16H,3-13H2,(H,18,20)/t14-,15-/m0/s1. The van der Waals surface area contributed by atoms with Gasteiger partial charge in [-0.15, -0.1) is 0 Å². The molecule has 0 bridgehead atoms. The zero-order valence-electron chi connectivity index (χ0n) is 13.3. The Kier molecular flexibility index (Phi) is 5.73. The van der Waals surface area contributed by atoms with Gasteiger partial charge in [-0.3, -0.25) is 0 Å². The number of nitrogens with one attached hydrogen (secondary N) is 1. The topological polar surface area (TPSA) is 50.8 Å². The van der Waals surface area contributed by atoms with Crippen molar-refractivity contribution < 1.29 is 14.3 Å². The van der Waals surface area contributed by atoms with Crippen LogP contribution in [0.2, 0.25) is 0 Å². The molecule has 0 aromatic heterocycles. The monoisotopic (exact) mass is 308 g/mol. The number of urea groups is 1. The Balaban J connectivity index is 1.27. The minimum Gasteiger partial charge on any atom is -0.381 e. The highest BCUT2D eigenvalue weighted by atomic mass is 16.5. The van der Waals surface area contributed by atoms with Gasteiger partial charge in [-0.2, -0.15) is 0 Å². The molecule has 22 heavy (non-hydrogen) atoms. The molecule has 0 saturated carbocycles. The molecule has 3 rings (SSSR count). The molecule has 0 radical (unpaired) electrons. The van der Waals surface area contributed by atoms with Gasteiger partial charge in [-0.25, -0.2) is 4.79 Å². The van der Waals surface area contributed by atoms with E-state index in [9.17, 15) is 4.79 Å². The summed E-state index contributed by atoms with van der Waals surface area (Å²) in [6.45, 7) is 4.88. The lowest BCUT2D eigenvalue weighted by molar-refractivity contribution is -0.0320. The van der Waals surface area contributed by atoms with Crippen molar-refractivity contribution in [2.45, 2.75) is 38.2 Å². The van der Waals surface area contributed by atoms with Crippen LogP contribution in [0.3, 0.4) is 0 Å². The Morgan fingerprint density at radius 2 is 1.86 bits per heavy atom. The first-order valence-corrected chi connectivity index (χ1v) is 8.70. The van der Waals surface area contributed by atoms with E-state index in [1.165, 1.54) is 0 Å². The van der Waals surface area contributed by atoms with E-state index in [4.69, 9.17) is 9.47 Å². The highest BCUT2D eigenvalue weighted by Gasteiger charge is 2.34. The van der Waals surface area contributed by atoms with Gasteiger partial charge in [0, 0.05) is 39.5 Å². The third-order valence-electron chi connectivity index (χ3n) is 5.03. The molecule has 1 aliphatic carbocycles. The summed E-state index contributed by atoms with van der Waals surface area (Å²) in [6.07, 6.45) is 10.0. The van der Waals surface area contributed by atoms with Gasteiger partial charge in [0.15, 0.2) is 0 Å². The molecule has 3 aliphatic rings. The van der Waals surface area contributed by atoms with Crippen molar-refractivity contribution in [3.63, 3.8) is 0 Å². The molecule has 5 nitrogen and oxygen atoms in total. The van der Waals surface area contributed by atoms with E-state index in [-0.39, 0.29) is 6.03 Å². The summed E-state index contributed by atoms with van der Waals surface area (Å²) in [6, 6.07) is 0.0977. The van der Waals surface area contributed by atoms with Crippen molar-refractivity contribution in [3.05, 3.63) is 12.2 Å². The average Bonchev–Trinajstić information content (AvgIpc) is 2.99. The third kappa shape index (κ3) is 4.23. The van der Waals surface area contributed by atoms with Crippen molar-refractivity contribution in [2.75, 3.05) is 39.5 Å². The SMILES string of the molecule is O=C(NCCCOC1CCOCC1)N1C[C@@H]2CC=CC[C@H]2C1. The molecule has 2 fully saturated rings. The number of allylic oxidation sites excluding steroid dienone is 2. The molecule has 2 heterocycles. The molecule has 124 valence electrons. The first-order chi connectivity index (χ1) is 10.8. The lowest BCUT2D eigenvalue weighted by atomic mass is 9.86. The Hall–Kier alpha value is -1.07. The highest BCUT2D eigenvalue weighted by Crippen LogP contribution is 2.32. The maximum Gasteiger partial charge on any atom is 0.317 e. The molecule has 0 aromatic rings. The van der Waals surface area contributed by atoms with Crippen molar-refractivity contribution in [1.29, 1.82) is 0 Å². The number of hydrogen-bond donors (Lipinski definition) is 1. The van der Waals surface area contributed by atoms with Gasteiger partial charge in [0.1, 0.15) is 0 Å². The predicted molar refractivity (Wildman–Crippen MR) is 84.7 cm³/mol. The summed E-state index contributed by atoms with van der Waals surface area (Å²) in [5, 5.41) is 3.03. The van der Waals surface area contributed by atoms with E-state index in [0.29, 0.717) is 24.5 Å². The Morgan fingerprint density at radius 1 is 1.18 bits per heavy atom. The van der Waals surface area contributed by atoms with Crippen molar-refractivity contribution in [3.8, 4) is 0 Å². The molecule has 2 aliphatic heterocycles. The quantitative estimate of drug-likeness (QED) is 0.625. The van der Waals surface area contributed by atoms with E-state index in [0.717, 1.165) is 65.0 Å². The van der Waals surface area contributed by atoms with Crippen molar-refractivity contribution in [2.24, 2.45) is 11.8 Å². The van der Waals surface area contributed by atoms with Gasteiger partial charge in [0.25, 0.3) is 0 Å². The normalized spacial score (nSPS) is 28.6. The van der Waals surface area contributed by atoms with Gasteiger partial charge in [0.05, 0.1) is 6.10 Å². The first kappa shape index (κ1) is 15.8. The molecule has 1 N–H and O–H groups in total. The minimum atomic E-state index is 0.0977. The number of carbonyl (C=O) groups is 1. The fourth-order valence-electron chi connectivity index (χ4n) is 3.65.